The Labute approximate surface area is 82.7 Å². The molecule has 5 nitrogen and oxygen atoms in total. The van der Waals surface area contributed by atoms with Gasteiger partial charge in [0.05, 0.1) is 12.5 Å². The molecule has 4 N–H and O–H groups in total. The van der Waals surface area contributed by atoms with Gasteiger partial charge >= 0.3 is 5.97 Å². The predicted octanol–water partition coefficient (Wildman–Crippen LogP) is -0.297. The van der Waals surface area contributed by atoms with Gasteiger partial charge in [-0.05, 0) is 11.8 Å². The molecule has 0 aromatic rings. The summed E-state index contributed by atoms with van der Waals surface area (Å²) in [6.45, 7) is 4.08. The topological polar surface area (TPSA) is 92.4 Å². The van der Waals surface area contributed by atoms with Crippen molar-refractivity contribution >= 4 is 11.9 Å². The van der Waals surface area contributed by atoms with Gasteiger partial charge in [0.2, 0.25) is 5.91 Å². The fourth-order valence-electron chi connectivity index (χ4n) is 1.27. The Kier molecular flexibility index (Phi) is 2.80. The number of carboxylic acid groups (broad SMARTS) is 1. The van der Waals surface area contributed by atoms with Crippen molar-refractivity contribution in [3.05, 3.63) is 0 Å². The molecule has 0 aromatic carbocycles. The van der Waals surface area contributed by atoms with Crippen LogP contribution in [-0.2, 0) is 9.59 Å². The Morgan fingerprint density at radius 2 is 2.14 bits per heavy atom. The van der Waals surface area contributed by atoms with Crippen molar-refractivity contribution in [3.8, 4) is 0 Å². The van der Waals surface area contributed by atoms with Crippen molar-refractivity contribution in [1.82, 2.24) is 5.32 Å². The van der Waals surface area contributed by atoms with Gasteiger partial charge in [0.1, 0.15) is 0 Å². The van der Waals surface area contributed by atoms with Crippen LogP contribution in [0.3, 0.4) is 0 Å². The van der Waals surface area contributed by atoms with Crippen molar-refractivity contribution in [1.29, 1.82) is 0 Å². The Hall–Kier alpha value is -1.10. The second-order valence-electron chi connectivity index (χ2n) is 4.46. The fourth-order valence-corrected chi connectivity index (χ4v) is 1.27. The van der Waals surface area contributed by atoms with Crippen LogP contribution in [0.1, 0.15) is 26.7 Å². The quantitative estimate of drug-likeness (QED) is 0.581. The van der Waals surface area contributed by atoms with Crippen LogP contribution in [-0.4, -0.2) is 29.1 Å². The van der Waals surface area contributed by atoms with Crippen molar-refractivity contribution in [2.75, 3.05) is 0 Å². The van der Waals surface area contributed by atoms with Crippen LogP contribution in [0.5, 0.6) is 0 Å². The third kappa shape index (κ3) is 2.70. The van der Waals surface area contributed by atoms with Gasteiger partial charge in [-0.1, -0.05) is 13.8 Å². The van der Waals surface area contributed by atoms with E-state index in [0.29, 0.717) is 0 Å². The molecule has 1 saturated carbocycles. The van der Waals surface area contributed by atoms with Crippen LogP contribution < -0.4 is 11.1 Å². The lowest BCUT2D eigenvalue weighted by molar-refractivity contribution is -0.139. The lowest BCUT2D eigenvalue weighted by Crippen LogP contribution is -2.43. The summed E-state index contributed by atoms with van der Waals surface area (Å²) < 4.78 is 0. The molecule has 80 valence electrons. The lowest BCUT2D eigenvalue weighted by atomic mass is 10.1. The SMILES string of the molecule is CC1(C)CC1NC(=O)C(N)CC(=O)O. The van der Waals surface area contributed by atoms with E-state index < -0.39 is 12.0 Å². The van der Waals surface area contributed by atoms with E-state index in [1.807, 2.05) is 13.8 Å². The van der Waals surface area contributed by atoms with Gasteiger partial charge in [-0.25, -0.2) is 0 Å². The number of hydrogen-bond donors (Lipinski definition) is 3. The first-order valence-electron chi connectivity index (χ1n) is 4.60. The number of aliphatic carboxylic acids is 1. The summed E-state index contributed by atoms with van der Waals surface area (Å²) in [7, 11) is 0. The Morgan fingerprint density at radius 3 is 2.50 bits per heavy atom. The van der Waals surface area contributed by atoms with E-state index >= 15 is 0 Å². The maximum Gasteiger partial charge on any atom is 0.305 e. The summed E-state index contributed by atoms with van der Waals surface area (Å²) in [6.07, 6.45) is 0.609. The molecule has 0 bridgehead atoms. The van der Waals surface area contributed by atoms with Crippen LogP contribution in [0.15, 0.2) is 0 Å². The number of carboxylic acids is 1. The highest BCUT2D eigenvalue weighted by atomic mass is 16.4. The standard InChI is InChI=1S/C9H16N2O3/c1-9(2)4-6(9)11-8(14)5(10)3-7(12)13/h5-6H,3-4,10H2,1-2H3,(H,11,14)(H,12,13). The summed E-state index contributed by atoms with van der Waals surface area (Å²) >= 11 is 0. The molecule has 2 atom stereocenters. The fraction of sp³-hybridized carbons (Fsp3) is 0.778. The monoisotopic (exact) mass is 200 g/mol. The second kappa shape index (κ2) is 3.57. The third-order valence-corrected chi connectivity index (χ3v) is 2.56. The van der Waals surface area contributed by atoms with Crippen LogP contribution in [0.2, 0.25) is 0 Å². The first-order valence-corrected chi connectivity index (χ1v) is 4.60. The molecule has 5 heteroatoms. The Morgan fingerprint density at radius 1 is 1.64 bits per heavy atom. The minimum Gasteiger partial charge on any atom is -0.481 e. The summed E-state index contributed by atoms with van der Waals surface area (Å²) in [5.41, 5.74) is 5.53. The molecule has 0 heterocycles. The molecular formula is C9H16N2O3. The normalized spacial score (nSPS) is 25.2. The molecule has 0 aromatic heterocycles. The summed E-state index contributed by atoms with van der Waals surface area (Å²) in [4.78, 5) is 21.6. The molecule has 1 fully saturated rings. The number of nitrogens with two attached hydrogens (primary N) is 1. The first-order chi connectivity index (χ1) is 6.33. The number of amides is 1. The molecule has 0 aliphatic heterocycles. The highest BCUT2D eigenvalue weighted by Crippen LogP contribution is 2.44. The molecule has 1 aliphatic carbocycles. The zero-order valence-corrected chi connectivity index (χ0v) is 8.41. The highest BCUT2D eigenvalue weighted by molar-refractivity contribution is 5.86. The maximum atomic E-state index is 11.3. The van der Waals surface area contributed by atoms with Crippen molar-refractivity contribution < 1.29 is 14.7 Å². The average molecular weight is 200 g/mol. The zero-order valence-electron chi connectivity index (χ0n) is 8.41. The van der Waals surface area contributed by atoms with Gasteiger partial charge in [-0.3, -0.25) is 9.59 Å². The van der Waals surface area contributed by atoms with Gasteiger partial charge in [0, 0.05) is 6.04 Å². The molecule has 0 radical (unpaired) electrons. The van der Waals surface area contributed by atoms with Crippen molar-refractivity contribution in [3.63, 3.8) is 0 Å². The number of carbonyl (C=O) groups excluding carboxylic acids is 1. The average Bonchev–Trinajstić information content (AvgIpc) is 2.56. The molecule has 1 aliphatic rings. The third-order valence-electron chi connectivity index (χ3n) is 2.56. The largest absolute Gasteiger partial charge is 0.481 e. The first kappa shape index (κ1) is 11.0. The van der Waals surface area contributed by atoms with Gasteiger partial charge in [-0.2, -0.15) is 0 Å². The minimum absolute atomic E-state index is 0.138. The number of hydrogen-bond acceptors (Lipinski definition) is 3. The molecule has 1 rings (SSSR count). The molecule has 0 saturated heterocycles. The number of carbonyl (C=O) groups is 2. The van der Waals surface area contributed by atoms with Gasteiger partial charge < -0.3 is 16.2 Å². The second-order valence-corrected chi connectivity index (χ2v) is 4.46. The predicted molar refractivity (Wildman–Crippen MR) is 50.6 cm³/mol. The number of rotatable bonds is 4. The van der Waals surface area contributed by atoms with E-state index in [9.17, 15) is 9.59 Å². The van der Waals surface area contributed by atoms with Crippen LogP contribution in [0.4, 0.5) is 0 Å². The summed E-state index contributed by atoms with van der Waals surface area (Å²) in [5, 5.41) is 11.1. The molecule has 1 amide bonds. The summed E-state index contributed by atoms with van der Waals surface area (Å²) in [6, 6.07) is -0.793. The maximum absolute atomic E-state index is 11.3. The number of nitrogens with one attached hydrogen (secondary N) is 1. The molecular weight excluding hydrogens is 184 g/mol. The van der Waals surface area contributed by atoms with E-state index in [1.165, 1.54) is 0 Å². The molecule has 0 spiro atoms. The van der Waals surface area contributed by atoms with E-state index in [4.69, 9.17) is 10.8 Å². The van der Waals surface area contributed by atoms with Crippen molar-refractivity contribution in [2.45, 2.75) is 38.8 Å². The smallest absolute Gasteiger partial charge is 0.305 e. The van der Waals surface area contributed by atoms with E-state index in [2.05, 4.69) is 5.32 Å². The molecule has 14 heavy (non-hydrogen) atoms. The Balaban J connectivity index is 2.32. The van der Waals surface area contributed by atoms with E-state index in [1.54, 1.807) is 0 Å². The van der Waals surface area contributed by atoms with E-state index in [-0.39, 0.29) is 23.8 Å². The highest BCUT2D eigenvalue weighted by Gasteiger charge is 2.46. The summed E-state index contributed by atoms with van der Waals surface area (Å²) in [5.74, 6) is -1.43. The van der Waals surface area contributed by atoms with Gasteiger partial charge in [0.15, 0.2) is 0 Å². The minimum atomic E-state index is -1.05. The molecule has 2 unspecified atom stereocenters. The van der Waals surface area contributed by atoms with Gasteiger partial charge in [0.25, 0.3) is 0 Å². The van der Waals surface area contributed by atoms with Crippen molar-refractivity contribution in [2.24, 2.45) is 11.1 Å². The Bertz CT molecular complexity index is 263. The lowest BCUT2D eigenvalue weighted by Gasteiger charge is -2.11. The zero-order chi connectivity index (χ0) is 10.9. The van der Waals surface area contributed by atoms with E-state index in [0.717, 1.165) is 6.42 Å². The van der Waals surface area contributed by atoms with Crippen LogP contribution >= 0.6 is 0 Å². The van der Waals surface area contributed by atoms with Gasteiger partial charge in [-0.15, -0.1) is 0 Å². The van der Waals surface area contributed by atoms with Crippen LogP contribution in [0.25, 0.3) is 0 Å². The van der Waals surface area contributed by atoms with Crippen LogP contribution in [0, 0.1) is 5.41 Å².